The van der Waals surface area contributed by atoms with Crippen LogP contribution in [0.25, 0.3) is 0 Å². The molecule has 0 bridgehead atoms. The Morgan fingerprint density at radius 2 is 2.05 bits per heavy atom. The zero-order valence-electron chi connectivity index (χ0n) is 11.7. The van der Waals surface area contributed by atoms with Crippen molar-refractivity contribution in [3.8, 4) is 0 Å². The molecule has 108 valence electrons. The number of hydrogen-bond acceptors (Lipinski definition) is 3. The molecule has 0 saturated carbocycles. The molecule has 1 aliphatic heterocycles. The SMILES string of the molecule is CC(=O)Nc1ccc(C(=O)NCCC2CCNC2)cc1. The highest BCUT2D eigenvalue weighted by molar-refractivity contribution is 5.95. The van der Waals surface area contributed by atoms with Crippen LogP contribution in [0.2, 0.25) is 0 Å². The molecule has 0 aliphatic carbocycles. The van der Waals surface area contributed by atoms with Gasteiger partial charge in [0.2, 0.25) is 5.91 Å². The van der Waals surface area contributed by atoms with Gasteiger partial charge in [-0.25, -0.2) is 0 Å². The first-order valence-electron chi connectivity index (χ1n) is 7.02. The molecule has 0 radical (unpaired) electrons. The average Bonchev–Trinajstić information content (AvgIpc) is 2.92. The molecule has 1 unspecified atom stereocenters. The first-order valence-corrected chi connectivity index (χ1v) is 7.02. The van der Waals surface area contributed by atoms with Crippen molar-refractivity contribution < 1.29 is 9.59 Å². The zero-order valence-corrected chi connectivity index (χ0v) is 11.7. The molecule has 1 aromatic rings. The summed E-state index contributed by atoms with van der Waals surface area (Å²) in [6.45, 7) is 4.31. The second-order valence-corrected chi connectivity index (χ2v) is 5.16. The molecular formula is C15H21N3O2. The van der Waals surface area contributed by atoms with Gasteiger partial charge in [0.05, 0.1) is 0 Å². The minimum absolute atomic E-state index is 0.0645. The fraction of sp³-hybridized carbons (Fsp3) is 0.467. The van der Waals surface area contributed by atoms with Crippen molar-refractivity contribution in [1.82, 2.24) is 10.6 Å². The lowest BCUT2D eigenvalue weighted by molar-refractivity contribution is -0.114. The monoisotopic (exact) mass is 275 g/mol. The van der Waals surface area contributed by atoms with Crippen molar-refractivity contribution in [3.05, 3.63) is 29.8 Å². The maximum absolute atomic E-state index is 11.9. The van der Waals surface area contributed by atoms with Gasteiger partial charge in [0, 0.05) is 24.7 Å². The van der Waals surface area contributed by atoms with Crippen LogP contribution in [0, 0.1) is 5.92 Å². The van der Waals surface area contributed by atoms with Crippen molar-refractivity contribution in [1.29, 1.82) is 0 Å². The molecule has 2 rings (SSSR count). The summed E-state index contributed by atoms with van der Waals surface area (Å²) in [6, 6.07) is 6.91. The summed E-state index contributed by atoms with van der Waals surface area (Å²) < 4.78 is 0. The first kappa shape index (κ1) is 14.5. The van der Waals surface area contributed by atoms with Crippen LogP contribution in [0.1, 0.15) is 30.1 Å². The summed E-state index contributed by atoms with van der Waals surface area (Å²) >= 11 is 0. The van der Waals surface area contributed by atoms with E-state index < -0.39 is 0 Å². The van der Waals surface area contributed by atoms with E-state index >= 15 is 0 Å². The number of carbonyl (C=O) groups is 2. The van der Waals surface area contributed by atoms with Crippen LogP contribution < -0.4 is 16.0 Å². The molecular weight excluding hydrogens is 254 g/mol. The second-order valence-electron chi connectivity index (χ2n) is 5.16. The van der Waals surface area contributed by atoms with Crippen LogP contribution in [-0.4, -0.2) is 31.4 Å². The average molecular weight is 275 g/mol. The van der Waals surface area contributed by atoms with Gasteiger partial charge >= 0.3 is 0 Å². The Labute approximate surface area is 119 Å². The van der Waals surface area contributed by atoms with Crippen LogP contribution in [0.3, 0.4) is 0 Å². The minimum atomic E-state index is -0.118. The lowest BCUT2D eigenvalue weighted by atomic mass is 10.1. The Morgan fingerprint density at radius 1 is 1.30 bits per heavy atom. The van der Waals surface area contributed by atoms with Crippen LogP contribution in [0.5, 0.6) is 0 Å². The van der Waals surface area contributed by atoms with E-state index in [1.165, 1.54) is 13.3 Å². The van der Waals surface area contributed by atoms with E-state index in [0.717, 1.165) is 19.5 Å². The van der Waals surface area contributed by atoms with E-state index in [9.17, 15) is 9.59 Å². The fourth-order valence-electron chi connectivity index (χ4n) is 2.36. The number of nitrogens with one attached hydrogen (secondary N) is 3. The van der Waals surface area contributed by atoms with Gasteiger partial charge in [-0.2, -0.15) is 0 Å². The van der Waals surface area contributed by atoms with Crippen LogP contribution >= 0.6 is 0 Å². The molecule has 5 heteroatoms. The van der Waals surface area contributed by atoms with Gasteiger partial charge in [0.15, 0.2) is 0 Å². The highest BCUT2D eigenvalue weighted by atomic mass is 16.2. The van der Waals surface area contributed by atoms with Crippen molar-refractivity contribution >= 4 is 17.5 Å². The zero-order chi connectivity index (χ0) is 14.4. The number of amides is 2. The van der Waals surface area contributed by atoms with E-state index in [1.54, 1.807) is 24.3 Å². The van der Waals surface area contributed by atoms with E-state index in [4.69, 9.17) is 0 Å². The number of hydrogen-bond donors (Lipinski definition) is 3. The summed E-state index contributed by atoms with van der Waals surface area (Å²) in [5.41, 5.74) is 1.31. The maximum Gasteiger partial charge on any atom is 0.251 e. The van der Waals surface area contributed by atoms with Gasteiger partial charge in [-0.3, -0.25) is 9.59 Å². The summed E-state index contributed by atoms with van der Waals surface area (Å²) in [5, 5.41) is 8.92. The molecule has 1 aliphatic rings. The number of rotatable bonds is 5. The summed E-state index contributed by atoms with van der Waals surface area (Å²) in [7, 11) is 0. The molecule has 1 saturated heterocycles. The lowest BCUT2D eigenvalue weighted by Gasteiger charge is -2.09. The topological polar surface area (TPSA) is 70.2 Å². The van der Waals surface area contributed by atoms with Crippen LogP contribution in [0.4, 0.5) is 5.69 Å². The molecule has 3 N–H and O–H groups in total. The second kappa shape index (κ2) is 7.05. The van der Waals surface area contributed by atoms with Gasteiger partial charge in [0.1, 0.15) is 0 Å². The van der Waals surface area contributed by atoms with Crippen LogP contribution in [0.15, 0.2) is 24.3 Å². The summed E-state index contributed by atoms with van der Waals surface area (Å²) in [5.74, 6) is 0.496. The van der Waals surface area contributed by atoms with Gasteiger partial charge in [-0.1, -0.05) is 0 Å². The Balaban J connectivity index is 1.78. The Hall–Kier alpha value is -1.88. The predicted molar refractivity (Wildman–Crippen MR) is 78.7 cm³/mol. The van der Waals surface area contributed by atoms with Gasteiger partial charge < -0.3 is 16.0 Å². The van der Waals surface area contributed by atoms with Crippen molar-refractivity contribution in [2.75, 3.05) is 25.0 Å². The molecule has 2 amide bonds. The molecule has 1 aromatic carbocycles. The Kier molecular flexibility index (Phi) is 5.12. The van der Waals surface area contributed by atoms with Gasteiger partial charge in [-0.15, -0.1) is 0 Å². The third kappa shape index (κ3) is 4.35. The molecule has 1 atom stereocenters. The quantitative estimate of drug-likeness (QED) is 0.760. The maximum atomic E-state index is 11.9. The minimum Gasteiger partial charge on any atom is -0.352 e. The molecule has 0 aromatic heterocycles. The smallest absolute Gasteiger partial charge is 0.251 e. The molecule has 20 heavy (non-hydrogen) atoms. The normalized spacial score (nSPS) is 17.8. The summed E-state index contributed by atoms with van der Waals surface area (Å²) in [6.07, 6.45) is 2.21. The number of benzene rings is 1. The van der Waals surface area contributed by atoms with Crippen molar-refractivity contribution in [2.45, 2.75) is 19.8 Å². The third-order valence-electron chi connectivity index (χ3n) is 3.47. The van der Waals surface area contributed by atoms with Gasteiger partial charge in [-0.05, 0) is 56.1 Å². The number of carbonyl (C=O) groups excluding carboxylic acids is 2. The standard InChI is InChI=1S/C15H21N3O2/c1-11(19)18-14-4-2-13(3-5-14)15(20)17-9-7-12-6-8-16-10-12/h2-5,12,16H,6-10H2,1H3,(H,17,20)(H,18,19). The summed E-state index contributed by atoms with van der Waals surface area (Å²) in [4.78, 5) is 22.8. The predicted octanol–water partition coefficient (Wildman–Crippen LogP) is 1.37. The van der Waals surface area contributed by atoms with E-state index in [0.29, 0.717) is 23.7 Å². The van der Waals surface area contributed by atoms with Crippen molar-refractivity contribution in [3.63, 3.8) is 0 Å². The first-order chi connectivity index (χ1) is 9.65. The van der Waals surface area contributed by atoms with E-state index in [-0.39, 0.29) is 11.8 Å². The fourth-order valence-corrected chi connectivity index (χ4v) is 2.36. The van der Waals surface area contributed by atoms with Crippen molar-refractivity contribution in [2.24, 2.45) is 5.92 Å². The van der Waals surface area contributed by atoms with E-state index in [2.05, 4.69) is 16.0 Å². The van der Waals surface area contributed by atoms with E-state index in [1.807, 2.05) is 0 Å². The molecule has 1 heterocycles. The molecule has 0 spiro atoms. The molecule has 1 fully saturated rings. The Bertz CT molecular complexity index is 465. The third-order valence-corrected chi connectivity index (χ3v) is 3.47. The van der Waals surface area contributed by atoms with Crippen LogP contribution in [-0.2, 0) is 4.79 Å². The molecule has 5 nitrogen and oxygen atoms in total. The highest BCUT2D eigenvalue weighted by Gasteiger charge is 2.14. The largest absolute Gasteiger partial charge is 0.352 e. The highest BCUT2D eigenvalue weighted by Crippen LogP contribution is 2.12. The Morgan fingerprint density at radius 3 is 2.65 bits per heavy atom. The lowest BCUT2D eigenvalue weighted by Crippen LogP contribution is -2.26. The van der Waals surface area contributed by atoms with Gasteiger partial charge in [0.25, 0.3) is 5.91 Å². The number of anilines is 1.